The average molecular weight is 304 g/mol. The molecule has 1 aromatic rings. The molecule has 0 radical (unpaired) electrons. The summed E-state index contributed by atoms with van der Waals surface area (Å²) in [6.07, 6.45) is 0. The van der Waals surface area contributed by atoms with Crippen molar-refractivity contribution in [2.45, 2.75) is 13.8 Å². The fourth-order valence-electron chi connectivity index (χ4n) is 1.58. The predicted octanol–water partition coefficient (Wildman–Crippen LogP) is 3.92. The molecule has 1 rings (SSSR count). The zero-order valence-corrected chi connectivity index (χ0v) is 11.9. The van der Waals surface area contributed by atoms with Crippen molar-refractivity contribution in [3.8, 4) is 0 Å². The molecule has 0 aliphatic heterocycles. The Morgan fingerprint density at radius 2 is 1.32 bits per heavy atom. The Balaban J connectivity index is 3.56. The molecule has 0 aliphatic carbocycles. The summed E-state index contributed by atoms with van der Waals surface area (Å²) in [4.78, 5) is 28.9. The van der Waals surface area contributed by atoms with Crippen LogP contribution in [-0.4, -0.2) is 25.2 Å². The summed E-state index contributed by atoms with van der Waals surface area (Å²) in [5.41, 5.74) is 16.7. The van der Waals surface area contributed by atoms with Crippen LogP contribution in [0.2, 0.25) is 0 Å². The molecule has 0 atom stereocenters. The highest BCUT2D eigenvalue weighted by Crippen LogP contribution is 2.31. The van der Waals surface area contributed by atoms with Gasteiger partial charge in [0.25, 0.3) is 0 Å². The number of benzene rings is 1. The molecule has 22 heavy (non-hydrogen) atoms. The Labute approximate surface area is 124 Å². The van der Waals surface area contributed by atoms with Crippen molar-refractivity contribution in [2.24, 2.45) is 10.2 Å². The topological polar surface area (TPSA) is 150 Å². The van der Waals surface area contributed by atoms with Crippen LogP contribution in [0, 0.1) is 0 Å². The van der Waals surface area contributed by atoms with Gasteiger partial charge in [0.1, 0.15) is 0 Å². The first-order valence-electron chi connectivity index (χ1n) is 6.21. The van der Waals surface area contributed by atoms with Gasteiger partial charge in [-0.2, -0.15) is 0 Å². The van der Waals surface area contributed by atoms with Gasteiger partial charge in [-0.25, -0.2) is 9.59 Å². The summed E-state index contributed by atoms with van der Waals surface area (Å²) in [7, 11) is 0. The van der Waals surface area contributed by atoms with Gasteiger partial charge in [-0.3, -0.25) is 0 Å². The molecule has 0 aliphatic rings. The van der Waals surface area contributed by atoms with Gasteiger partial charge < -0.3 is 9.47 Å². The number of azide groups is 2. The van der Waals surface area contributed by atoms with E-state index in [1.807, 2.05) is 0 Å². The first-order valence-corrected chi connectivity index (χ1v) is 6.21. The number of carbonyl (C=O) groups is 2. The first-order chi connectivity index (χ1) is 10.6. The summed E-state index contributed by atoms with van der Waals surface area (Å²) >= 11 is 0. The lowest BCUT2D eigenvalue weighted by atomic mass is 10.1. The quantitative estimate of drug-likeness (QED) is 0.338. The molecule has 0 heterocycles. The van der Waals surface area contributed by atoms with Crippen molar-refractivity contribution in [3.63, 3.8) is 0 Å². The van der Waals surface area contributed by atoms with Gasteiger partial charge >= 0.3 is 11.9 Å². The normalized spacial score (nSPS) is 9.18. The maximum atomic E-state index is 11.8. The third-order valence-electron chi connectivity index (χ3n) is 2.41. The van der Waals surface area contributed by atoms with Crippen molar-refractivity contribution in [1.82, 2.24) is 0 Å². The molecular weight excluding hydrogens is 292 g/mol. The molecular formula is C12H12N6O4. The Morgan fingerprint density at radius 1 is 0.955 bits per heavy atom. The van der Waals surface area contributed by atoms with Crippen LogP contribution < -0.4 is 0 Å². The standard InChI is InChI=1S/C12H12N6O4/c1-3-21-11(19)7-5-10(16-18-14)8(12(20)22-4-2)6-9(7)15-17-13/h5-6H,3-4H2,1-2H3. The van der Waals surface area contributed by atoms with Crippen LogP contribution in [-0.2, 0) is 9.47 Å². The van der Waals surface area contributed by atoms with E-state index in [0.29, 0.717) is 0 Å². The minimum atomic E-state index is -0.769. The van der Waals surface area contributed by atoms with E-state index in [-0.39, 0.29) is 35.7 Å². The second-order valence-electron chi connectivity index (χ2n) is 3.71. The Morgan fingerprint density at radius 3 is 1.59 bits per heavy atom. The maximum absolute atomic E-state index is 11.8. The number of hydrogen-bond donors (Lipinski definition) is 0. The molecule has 10 nitrogen and oxygen atoms in total. The van der Waals surface area contributed by atoms with E-state index in [4.69, 9.17) is 20.5 Å². The van der Waals surface area contributed by atoms with Gasteiger partial charge in [0, 0.05) is 9.82 Å². The molecule has 1 aromatic carbocycles. The highest BCUT2D eigenvalue weighted by atomic mass is 16.5. The Bertz CT molecular complexity index is 629. The van der Waals surface area contributed by atoms with Gasteiger partial charge in [-0.05, 0) is 37.0 Å². The van der Waals surface area contributed by atoms with Gasteiger partial charge in [0.05, 0.1) is 35.7 Å². The lowest BCUT2D eigenvalue weighted by Gasteiger charge is -2.10. The third-order valence-corrected chi connectivity index (χ3v) is 2.41. The Kier molecular flexibility index (Phi) is 6.24. The summed E-state index contributed by atoms with van der Waals surface area (Å²) in [5, 5.41) is 6.70. The minimum Gasteiger partial charge on any atom is -0.462 e. The van der Waals surface area contributed by atoms with E-state index in [9.17, 15) is 9.59 Å². The zero-order valence-electron chi connectivity index (χ0n) is 11.9. The molecule has 0 fully saturated rings. The molecule has 0 N–H and O–H groups in total. The minimum absolute atomic E-state index is 0.102. The first kappa shape index (κ1) is 16.8. The van der Waals surface area contributed by atoms with Crippen LogP contribution in [0.5, 0.6) is 0 Å². The van der Waals surface area contributed by atoms with E-state index in [1.165, 1.54) is 0 Å². The van der Waals surface area contributed by atoms with Crippen molar-refractivity contribution in [3.05, 3.63) is 44.1 Å². The second kappa shape index (κ2) is 8.15. The lowest BCUT2D eigenvalue weighted by molar-refractivity contribution is 0.0513. The highest BCUT2D eigenvalue weighted by molar-refractivity contribution is 6.02. The smallest absolute Gasteiger partial charge is 0.338 e. The van der Waals surface area contributed by atoms with E-state index < -0.39 is 11.9 Å². The third kappa shape index (κ3) is 3.89. The molecule has 0 bridgehead atoms. The monoisotopic (exact) mass is 304 g/mol. The van der Waals surface area contributed by atoms with Crippen molar-refractivity contribution in [2.75, 3.05) is 13.2 Å². The summed E-state index contributed by atoms with van der Waals surface area (Å²) in [6, 6.07) is 2.24. The fraction of sp³-hybridized carbons (Fsp3) is 0.333. The van der Waals surface area contributed by atoms with Crippen LogP contribution in [0.25, 0.3) is 20.9 Å². The summed E-state index contributed by atoms with van der Waals surface area (Å²) in [5.74, 6) is -1.54. The number of nitrogens with zero attached hydrogens (tertiary/aromatic N) is 6. The molecule has 0 unspecified atom stereocenters. The molecule has 0 aromatic heterocycles. The van der Waals surface area contributed by atoms with E-state index >= 15 is 0 Å². The van der Waals surface area contributed by atoms with Crippen LogP contribution in [0.15, 0.2) is 22.4 Å². The van der Waals surface area contributed by atoms with E-state index in [2.05, 4.69) is 20.1 Å². The molecule has 10 heteroatoms. The van der Waals surface area contributed by atoms with Crippen LogP contribution >= 0.6 is 0 Å². The van der Waals surface area contributed by atoms with Gasteiger partial charge in [0.2, 0.25) is 0 Å². The summed E-state index contributed by atoms with van der Waals surface area (Å²) in [6.45, 7) is 3.41. The van der Waals surface area contributed by atoms with E-state index in [1.54, 1.807) is 13.8 Å². The number of hydrogen-bond acceptors (Lipinski definition) is 6. The molecule has 0 saturated carbocycles. The van der Waals surface area contributed by atoms with Gasteiger partial charge in [0.15, 0.2) is 0 Å². The summed E-state index contributed by atoms with van der Waals surface area (Å²) < 4.78 is 9.65. The fourth-order valence-corrected chi connectivity index (χ4v) is 1.58. The predicted molar refractivity (Wildman–Crippen MR) is 76.0 cm³/mol. The van der Waals surface area contributed by atoms with Gasteiger partial charge in [-0.15, -0.1) is 0 Å². The molecule has 0 amide bonds. The van der Waals surface area contributed by atoms with Gasteiger partial charge in [-0.1, -0.05) is 10.2 Å². The van der Waals surface area contributed by atoms with Crippen LogP contribution in [0.4, 0.5) is 11.4 Å². The number of carbonyl (C=O) groups excluding carboxylic acids is 2. The van der Waals surface area contributed by atoms with Crippen molar-refractivity contribution in [1.29, 1.82) is 0 Å². The SMILES string of the molecule is CCOC(=O)c1cc(N=[N+]=[N-])c(C(=O)OCC)cc1N=[N+]=[N-]. The number of rotatable bonds is 6. The van der Waals surface area contributed by atoms with E-state index in [0.717, 1.165) is 12.1 Å². The largest absolute Gasteiger partial charge is 0.462 e. The second-order valence-corrected chi connectivity index (χ2v) is 3.71. The Hall–Kier alpha value is -3.22. The molecule has 0 spiro atoms. The van der Waals surface area contributed by atoms with Crippen molar-refractivity contribution >= 4 is 23.3 Å². The molecule has 0 saturated heterocycles. The highest BCUT2D eigenvalue weighted by Gasteiger charge is 2.19. The average Bonchev–Trinajstić information content (AvgIpc) is 2.49. The van der Waals surface area contributed by atoms with Crippen LogP contribution in [0.3, 0.4) is 0 Å². The lowest BCUT2D eigenvalue weighted by Crippen LogP contribution is -2.08. The zero-order chi connectivity index (χ0) is 16.5. The number of esters is 2. The molecule has 114 valence electrons. The van der Waals surface area contributed by atoms with Crippen molar-refractivity contribution < 1.29 is 19.1 Å². The number of ether oxygens (including phenoxy) is 2. The maximum Gasteiger partial charge on any atom is 0.338 e. The van der Waals surface area contributed by atoms with Crippen LogP contribution in [0.1, 0.15) is 34.6 Å².